The van der Waals surface area contributed by atoms with E-state index in [1.165, 1.54) is 10.6 Å². The smallest absolute Gasteiger partial charge is 0.220 e. The van der Waals surface area contributed by atoms with Gasteiger partial charge in [-0.05, 0) is 28.8 Å². The lowest BCUT2D eigenvalue weighted by Gasteiger charge is -2.03. The molecule has 0 radical (unpaired) electrons. The van der Waals surface area contributed by atoms with Crippen molar-refractivity contribution in [3.63, 3.8) is 0 Å². The summed E-state index contributed by atoms with van der Waals surface area (Å²) in [4.78, 5) is 16.3. The molecule has 2 aromatic rings. The summed E-state index contributed by atoms with van der Waals surface area (Å²) in [6.07, 6.45) is 2.20. The predicted molar refractivity (Wildman–Crippen MR) is 85.6 cm³/mol. The van der Waals surface area contributed by atoms with E-state index in [1.54, 1.807) is 22.7 Å². The first kappa shape index (κ1) is 15.2. The Morgan fingerprint density at radius 2 is 2.20 bits per heavy atom. The summed E-state index contributed by atoms with van der Waals surface area (Å²) in [6.45, 7) is 4.97. The fourth-order valence-electron chi connectivity index (χ4n) is 1.81. The summed E-state index contributed by atoms with van der Waals surface area (Å²) in [5, 5.41) is 10.4. The Balaban J connectivity index is 1.65. The average molecular weight is 308 g/mol. The lowest BCUT2D eigenvalue weighted by molar-refractivity contribution is -0.121. The molecule has 0 saturated carbocycles. The normalized spacial score (nSPS) is 10.9. The molecule has 1 amide bonds. The molecule has 0 aliphatic carbocycles. The molecule has 0 unspecified atom stereocenters. The Morgan fingerprint density at radius 1 is 1.35 bits per heavy atom. The summed E-state index contributed by atoms with van der Waals surface area (Å²) >= 11 is 3.37. The first-order valence-electron chi connectivity index (χ1n) is 6.87. The van der Waals surface area contributed by atoms with Crippen LogP contribution in [0.5, 0.6) is 0 Å². The van der Waals surface area contributed by atoms with Gasteiger partial charge in [0.25, 0.3) is 0 Å². The lowest BCUT2D eigenvalue weighted by Crippen LogP contribution is -2.25. The maximum Gasteiger partial charge on any atom is 0.220 e. The largest absolute Gasteiger partial charge is 0.356 e. The topological polar surface area (TPSA) is 42.0 Å². The molecule has 108 valence electrons. The van der Waals surface area contributed by atoms with E-state index < -0.39 is 0 Å². The summed E-state index contributed by atoms with van der Waals surface area (Å²) in [6, 6.07) is 2.07. The molecule has 1 N–H and O–H groups in total. The standard InChI is InChI=1S/C15H20N2OS2/c1-11(2)15-17-13(10-20-15)5-7-16-14(18)4-3-12-6-8-19-9-12/h6,8-11H,3-5,7H2,1-2H3,(H,16,18). The van der Waals surface area contributed by atoms with Gasteiger partial charge in [-0.1, -0.05) is 13.8 Å². The molecule has 3 nitrogen and oxygen atoms in total. The molecule has 0 aromatic carbocycles. The van der Waals surface area contributed by atoms with Crippen LogP contribution in [0.2, 0.25) is 0 Å². The van der Waals surface area contributed by atoms with Gasteiger partial charge in [0.15, 0.2) is 0 Å². The Morgan fingerprint density at radius 3 is 2.85 bits per heavy atom. The molecule has 0 spiro atoms. The maximum absolute atomic E-state index is 11.7. The molecule has 2 heterocycles. The number of nitrogens with one attached hydrogen (secondary N) is 1. The van der Waals surface area contributed by atoms with Gasteiger partial charge in [-0.25, -0.2) is 4.98 Å². The van der Waals surface area contributed by atoms with Gasteiger partial charge >= 0.3 is 0 Å². The Bertz CT molecular complexity index is 532. The minimum atomic E-state index is 0.121. The Hall–Kier alpha value is -1.20. The Labute approximate surface area is 128 Å². The highest BCUT2D eigenvalue weighted by Gasteiger charge is 2.06. The third-order valence-electron chi connectivity index (χ3n) is 2.99. The number of carbonyl (C=O) groups is 1. The number of aromatic nitrogens is 1. The van der Waals surface area contributed by atoms with E-state index in [-0.39, 0.29) is 5.91 Å². The quantitative estimate of drug-likeness (QED) is 0.849. The number of rotatable bonds is 7. The number of amides is 1. The molecular formula is C15H20N2OS2. The molecular weight excluding hydrogens is 288 g/mol. The van der Waals surface area contributed by atoms with Crippen LogP contribution in [0.1, 0.15) is 42.5 Å². The van der Waals surface area contributed by atoms with Crippen molar-refractivity contribution in [3.8, 4) is 0 Å². The molecule has 0 aliphatic heterocycles. The fourth-order valence-corrected chi connectivity index (χ4v) is 3.39. The summed E-state index contributed by atoms with van der Waals surface area (Å²) in [7, 11) is 0. The number of hydrogen-bond donors (Lipinski definition) is 1. The van der Waals surface area contributed by atoms with Gasteiger partial charge in [-0.15, -0.1) is 11.3 Å². The van der Waals surface area contributed by atoms with E-state index in [9.17, 15) is 4.79 Å². The van der Waals surface area contributed by atoms with E-state index in [0.29, 0.717) is 18.9 Å². The predicted octanol–water partition coefficient (Wildman–Crippen LogP) is 3.62. The third kappa shape index (κ3) is 4.72. The SMILES string of the molecule is CC(C)c1nc(CCNC(=O)CCc2ccsc2)cs1. The van der Waals surface area contributed by atoms with Crippen molar-refractivity contribution in [3.05, 3.63) is 38.5 Å². The van der Waals surface area contributed by atoms with Crippen molar-refractivity contribution in [2.75, 3.05) is 6.54 Å². The van der Waals surface area contributed by atoms with Crippen molar-refractivity contribution in [2.45, 2.75) is 39.0 Å². The van der Waals surface area contributed by atoms with Crippen LogP contribution < -0.4 is 5.32 Å². The van der Waals surface area contributed by atoms with Gasteiger partial charge < -0.3 is 5.32 Å². The van der Waals surface area contributed by atoms with E-state index in [4.69, 9.17) is 0 Å². The molecule has 2 rings (SSSR count). The van der Waals surface area contributed by atoms with Crippen LogP contribution in [0.25, 0.3) is 0 Å². The molecule has 0 fully saturated rings. The van der Waals surface area contributed by atoms with Gasteiger partial charge in [0, 0.05) is 30.7 Å². The molecule has 0 aliphatic rings. The van der Waals surface area contributed by atoms with Crippen LogP contribution in [-0.2, 0) is 17.6 Å². The number of thiophene rings is 1. The second kappa shape index (κ2) is 7.55. The zero-order valence-electron chi connectivity index (χ0n) is 11.9. The number of thiazole rings is 1. The number of carbonyl (C=O) groups excluding carboxylic acids is 1. The molecule has 0 bridgehead atoms. The van der Waals surface area contributed by atoms with E-state index >= 15 is 0 Å². The van der Waals surface area contributed by atoms with Crippen LogP contribution >= 0.6 is 22.7 Å². The van der Waals surface area contributed by atoms with Gasteiger partial charge in [0.2, 0.25) is 5.91 Å². The van der Waals surface area contributed by atoms with Crippen LogP contribution in [-0.4, -0.2) is 17.4 Å². The minimum absolute atomic E-state index is 0.121. The second-order valence-electron chi connectivity index (χ2n) is 5.06. The van der Waals surface area contributed by atoms with Crippen molar-refractivity contribution in [1.29, 1.82) is 0 Å². The monoisotopic (exact) mass is 308 g/mol. The Kier molecular flexibility index (Phi) is 5.73. The summed E-state index contributed by atoms with van der Waals surface area (Å²) < 4.78 is 0. The average Bonchev–Trinajstić information content (AvgIpc) is 3.07. The molecule has 0 atom stereocenters. The third-order valence-corrected chi connectivity index (χ3v) is 4.91. The van der Waals surface area contributed by atoms with Crippen LogP contribution in [0, 0.1) is 0 Å². The number of aryl methyl sites for hydroxylation is 1. The first-order valence-corrected chi connectivity index (χ1v) is 8.69. The van der Waals surface area contributed by atoms with E-state index in [0.717, 1.165) is 18.5 Å². The van der Waals surface area contributed by atoms with E-state index in [1.807, 2.05) is 5.38 Å². The van der Waals surface area contributed by atoms with Gasteiger partial charge in [-0.2, -0.15) is 11.3 Å². The number of hydrogen-bond acceptors (Lipinski definition) is 4. The minimum Gasteiger partial charge on any atom is -0.356 e. The highest BCUT2D eigenvalue weighted by molar-refractivity contribution is 7.09. The van der Waals surface area contributed by atoms with Crippen molar-refractivity contribution in [2.24, 2.45) is 0 Å². The molecule has 0 saturated heterocycles. The van der Waals surface area contributed by atoms with Crippen LogP contribution in [0.4, 0.5) is 0 Å². The highest BCUT2D eigenvalue weighted by atomic mass is 32.1. The second-order valence-corrected chi connectivity index (χ2v) is 6.73. The molecule has 5 heteroatoms. The van der Waals surface area contributed by atoms with Crippen molar-refractivity contribution >= 4 is 28.6 Å². The van der Waals surface area contributed by atoms with Crippen LogP contribution in [0.15, 0.2) is 22.2 Å². The zero-order valence-corrected chi connectivity index (χ0v) is 13.5. The highest BCUT2D eigenvalue weighted by Crippen LogP contribution is 2.19. The fraction of sp³-hybridized carbons (Fsp3) is 0.467. The van der Waals surface area contributed by atoms with E-state index in [2.05, 4.69) is 41.0 Å². The molecule has 20 heavy (non-hydrogen) atoms. The number of nitrogens with zero attached hydrogens (tertiary/aromatic N) is 1. The van der Waals surface area contributed by atoms with Crippen molar-refractivity contribution in [1.82, 2.24) is 10.3 Å². The first-order chi connectivity index (χ1) is 9.65. The maximum atomic E-state index is 11.7. The van der Waals surface area contributed by atoms with Gasteiger partial charge in [0.05, 0.1) is 10.7 Å². The summed E-state index contributed by atoms with van der Waals surface area (Å²) in [5.41, 5.74) is 2.32. The zero-order chi connectivity index (χ0) is 14.4. The van der Waals surface area contributed by atoms with Gasteiger partial charge in [-0.3, -0.25) is 4.79 Å². The molecule has 2 aromatic heterocycles. The van der Waals surface area contributed by atoms with Crippen molar-refractivity contribution < 1.29 is 4.79 Å². The lowest BCUT2D eigenvalue weighted by atomic mass is 10.2. The van der Waals surface area contributed by atoms with Crippen LogP contribution in [0.3, 0.4) is 0 Å². The summed E-state index contributed by atoms with van der Waals surface area (Å²) in [5.74, 6) is 0.601. The van der Waals surface area contributed by atoms with Gasteiger partial charge in [0.1, 0.15) is 0 Å².